The summed E-state index contributed by atoms with van der Waals surface area (Å²) in [5, 5.41) is 3.40. The molecule has 0 spiro atoms. The summed E-state index contributed by atoms with van der Waals surface area (Å²) in [6.07, 6.45) is 9.11. The van der Waals surface area contributed by atoms with E-state index in [9.17, 15) is 0 Å². The molecule has 3 heterocycles. The van der Waals surface area contributed by atoms with Crippen molar-refractivity contribution in [1.29, 1.82) is 0 Å². The van der Waals surface area contributed by atoms with Crippen LogP contribution >= 0.6 is 0 Å². The summed E-state index contributed by atoms with van der Waals surface area (Å²) in [4.78, 5) is 15.7. The highest BCUT2D eigenvalue weighted by Gasteiger charge is 2.19. The van der Waals surface area contributed by atoms with Crippen LogP contribution in [0, 0.1) is 5.92 Å². The highest BCUT2D eigenvalue weighted by molar-refractivity contribution is 5.58. The number of benzene rings is 1. The Morgan fingerprint density at radius 2 is 1.82 bits per heavy atom. The van der Waals surface area contributed by atoms with Crippen LogP contribution in [0.25, 0.3) is 11.3 Å². The summed E-state index contributed by atoms with van der Waals surface area (Å²) in [6.45, 7) is 4.36. The molecular formula is C23H27N5. The third-order valence-corrected chi connectivity index (χ3v) is 5.40. The first-order valence-electron chi connectivity index (χ1n) is 10.1. The Bertz CT molecular complexity index is 845. The molecular weight excluding hydrogens is 346 g/mol. The second-order valence-corrected chi connectivity index (χ2v) is 7.43. The minimum atomic E-state index is 0.697. The van der Waals surface area contributed by atoms with E-state index in [-0.39, 0.29) is 0 Å². The Balaban J connectivity index is 1.21. The Kier molecular flexibility index (Phi) is 6.25. The molecule has 4 rings (SSSR count). The summed E-state index contributed by atoms with van der Waals surface area (Å²) >= 11 is 0. The summed E-state index contributed by atoms with van der Waals surface area (Å²) in [5.41, 5.74) is 3.33. The zero-order valence-corrected chi connectivity index (χ0v) is 16.2. The molecule has 144 valence electrons. The molecule has 0 radical (unpaired) electrons. The second kappa shape index (κ2) is 9.42. The third kappa shape index (κ3) is 5.14. The standard InChI is InChI=1S/C23H27N5/c1-2-5-20(6-3-1)18-28-15-10-19(11-16-28)8-13-25-23-26-14-9-22(27-23)21-7-4-12-24-17-21/h1-7,9,12,14,17,19H,8,10-11,13,15-16,18H2,(H,25,26,27). The van der Waals surface area contributed by atoms with Gasteiger partial charge < -0.3 is 5.32 Å². The lowest BCUT2D eigenvalue weighted by Crippen LogP contribution is -2.33. The van der Waals surface area contributed by atoms with Gasteiger partial charge in [-0.2, -0.15) is 0 Å². The third-order valence-electron chi connectivity index (χ3n) is 5.40. The van der Waals surface area contributed by atoms with Crippen molar-refractivity contribution in [3.05, 3.63) is 72.7 Å². The lowest BCUT2D eigenvalue weighted by Gasteiger charge is -2.32. The fourth-order valence-corrected chi connectivity index (χ4v) is 3.78. The Morgan fingerprint density at radius 3 is 2.61 bits per heavy atom. The Morgan fingerprint density at radius 1 is 0.964 bits per heavy atom. The lowest BCUT2D eigenvalue weighted by atomic mass is 9.93. The SMILES string of the molecule is c1ccc(CN2CCC(CCNc3nccc(-c4cccnc4)n3)CC2)cc1. The fraction of sp³-hybridized carbons (Fsp3) is 0.348. The molecule has 1 aliphatic heterocycles. The van der Waals surface area contributed by atoms with E-state index < -0.39 is 0 Å². The molecule has 1 saturated heterocycles. The molecule has 1 N–H and O–H groups in total. The van der Waals surface area contributed by atoms with Crippen LogP contribution in [0.3, 0.4) is 0 Å². The molecule has 0 saturated carbocycles. The Hall–Kier alpha value is -2.79. The minimum absolute atomic E-state index is 0.697. The molecule has 2 aromatic heterocycles. The lowest BCUT2D eigenvalue weighted by molar-refractivity contribution is 0.174. The number of anilines is 1. The molecule has 5 nitrogen and oxygen atoms in total. The van der Waals surface area contributed by atoms with Crippen LogP contribution in [0.1, 0.15) is 24.8 Å². The first-order chi connectivity index (χ1) is 13.9. The van der Waals surface area contributed by atoms with Crippen LogP contribution in [0.4, 0.5) is 5.95 Å². The van der Waals surface area contributed by atoms with E-state index in [1.54, 1.807) is 12.4 Å². The molecule has 0 atom stereocenters. The minimum Gasteiger partial charge on any atom is -0.354 e. The molecule has 1 aromatic carbocycles. The van der Waals surface area contributed by atoms with Crippen molar-refractivity contribution in [2.75, 3.05) is 25.0 Å². The maximum Gasteiger partial charge on any atom is 0.223 e. The fourth-order valence-electron chi connectivity index (χ4n) is 3.78. The van der Waals surface area contributed by atoms with E-state index in [1.165, 1.54) is 37.9 Å². The van der Waals surface area contributed by atoms with Crippen LogP contribution in [0.5, 0.6) is 0 Å². The number of nitrogens with zero attached hydrogens (tertiary/aromatic N) is 4. The first kappa shape index (κ1) is 18.6. The van der Waals surface area contributed by atoms with Crippen LogP contribution in [-0.4, -0.2) is 39.5 Å². The number of rotatable bonds is 7. The van der Waals surface area contributed by atoms with Gasteiger partial charge in [0.2, 0.25) is 5.95 Å². The van der Waals surface area contributed by atoms with E-state index in [0.29, 0.717) is 5.95 Å². The predicted octanol–water partition coefficient (Wildman–Crippen LogP) is 4.25. The highest BCUT2D eigenvalue weighted by Crippen LogP contribution is 2.22. The number of nitrogens with one attached hydrogen (secondary N) is 1. The van der Waals surface area contributed by atoms with E-state index in [1.807, 2.05) is 24.4 Å². The van der Waals surface area contributed by atoms with Gasteiger partial charge in [-0.15, -0.1) is 0 Å². The van der Waals surface area contributed by atoms with Gasteiger partial charge in [0.1, 0.15) is 0 Å². The number of likely N-dealkylation sites (tertiary alicyclic amines) is 1. The van der Waals surface area contributed by atoms with Gasteiger partial charge in [-0.05, 0) is 62.0 Å². The van der Waals surface area contributed by atoms with Crippen molar-refractivity contribution in [3.63, 3.8) is 0 Å². The van der Waals surface area contributed by atoms with Crippen molar-refractivity contribution in [2.24, 2.45) is 5.92 Å². The van der Waals surface area contributed by atoms with Gasteiger partial charge in [0.05, 0.1) is 5.69 Å². The smallest absolute Gasteiger partial charge is 0.223 e. The van der Waals surface area contributed by atoms with Crippen LogP contribution in [-0.2, 0) is 6.54 Å². The number of hydrogen-bond donors (Lipinski definition) is 1. The van der Waals surface area contributed by atoms with E-state index >= 15 is 0 Å². The molecule has 0 amide bonds. The number of pyridine rings is 1. The van der Waals surface area contributed by atoms with Crippen molar-refractivity contribution < 1.29 is 0 Å². The van der Waals surface area contributed by atoms with Gasteiger partial charge in [-0.25, -0.2) is 9.97 Å². The zero-order valence-electron chi connectivity index (χ0n) is 16.2. The monoisotopic (exact) mass is 373 g/mol. The zero-order chi connectivity index (χ0) is 19.0. The van der Waals surface area contributed by atoms with Gasteiger partial charge in [-0.3, -0.25) is 9.88 Å². The van der Waals surface area contributed by atoms with Gasteiger partial charge in [0, 0.05) is 37.2 Å². The number of aromatic nitrogens is 3. The molecule has 3 aromatic rings. The van der Waals surface area contributed by atoms with E-state index in [2.05, 4.69) is 55.5 Å². The average molecular weight is 374 g/mol. The molecule has 1 fully saturated rings. The Labute approximate surface area is 166 Å². The van der Waals surface area contributed by atoms with Crippen LogP contribution in [0.2, 0.25) is 0 Å². The summed E-state index contributed by atoms with van der Waals surface area (Å²) in [6, 6.07) is 16.6. The van der Waals surface area contributed by atoms with Crippen molar-refractivity contribution in [2.45, 2.75) is 25.8 Å². The molecule has 1 aliphatic rings. The highest BCUT2D eigenvalue weighted by atomic mass is 15.1. The van der Waals surface area contributed by atoms with Crippen molar-refractivity contribution >= 4 is 5.95 Å². The van der Waals surface area contributed by atoms with Crippen molar-refractivity contribution in [3.8, 4) is 11.3 Å². The second-order valence-electron chi connectivity index (χ2n) is 7.43. The van der Waals surface area contributed by atoms with Crippen LogP contribution in [0.15, 0.2) is 67.1 Å². The average Bonchev–Trinajstić information content (AvgIpc) is 2.77. The maximum absolute atomic E-state index is 4.61. The topological polar surface area (TPSA) is 53.9 Å². The summed E-state index contributed by atoms with van der Waals surface area (Å²) in [7, 11) is 0. The number of hydrogen-bond acceptors (Lipinski definition) is 5. The maximum atomic E-state index is 4.61. The quantitative estimate of drug-likeness (QED) is 0.671. The molecule has 0 unspecified atom stereocenters. The van der Waals surface area contributed by atoms with E-state index in [0.717, 1.165) is 30.3 Å². The first-order valence-corrected chi connectivity index (χ1v) is 10.1. The van der Waals surface area contributed by atoms with E-state index in [4.69, 9.17) is 0 Å². The normalized spacial score (nSPS) is 15.4. The van der Waals surface area contributed by atoms with Gasteiger partial charge in [0.15, 0.2) is 0 Å². The summed E-state index contributed by atoms with van der Waals surface area (Å²) < 4.78 is 0. The summed E-state index contributed by atoms with van der Waals surface area (Å²) in [5.74, 6) is 1.48. The van der Waals surface area contributed by atoms with Gasteiger partial charge >= 0.3 is 0 Å². The molecule has 5 heteroatoms. The molecule has 28 heavy (non-hydrogen) atoms. The molecule has 0 aliphatic carbocycles. The van der Waals surface area contributed by atoms with Crippen LogP contribution < -0.4 is 5.32 Å². The van der Waals surface area contributed by atoms with Gasteiger partial charge in [0.25, 0.3) is 0 Å². The predicted molar refractivity (Wildman–Crippen MR) is 113 cm³/mol. The van der Waals surface area contributed by atoms with Gasteiger partial charge in [-0.1, -0.05) is 30.3 Å². The largest absolute Gasteiger partial charge is 0.354 e. The molecule has 0 bridgehead atoms. The van der Waals surface area contributed by atoms with Crippen molar-refractivity contribution in [1.82, 2.24) is 19.9 Å². The number of piperidine rings is 1.